The van der Waals surface area contributed by atoms with E-state index < -0.39 is 0 Å². The normalized spacial score (nSPS) is 27.0. The van der Waals surface area contributed by atoms with E-state index in [0.29, 0.717) is 12.1 Å². The molecule has 16 heavy (non-hydrogen) atoms. The van der Waals surface area contributed by atoms with Gasteiger partial charge >= 0.3 is 0 Å². The molecule has 2 aliphatic rings. The number of anilines is 1. The standard InChI is InChI=1S/C12H15BrN2.ClH/c1-8-6-14-7-10-5-9-3-2-4-11(13)12(9)15(8)10;/h2-4,8,10,14H,5-7H2,1H3;1H/t8-,10+;/m1./s1. The molecule has 0 unspecified atom stereocenters. The Hall–Kier alpha value is -0.250. The van der Waals surface area contributed by atoms with E-state index in [4.69, 9.17) is 0 Å². The molecule has 4 heteroatoms. The molecule has 0 spiro atoms. The first-order chi connectivity index (χ1) is 7.27. The van der Waals surface area contributed by atoms with Crippen LogP contribution in [0, 0.1) is 0 Å². The van der Waals surface area contributed by atoms with Crippen LogP contribution in [-0.4, -0.2) is 25.2 Å². The molecule has 0 aliphatic carbocycles. The summed E-state index contributed by atoms with van der Waals surface area (Å²) in [5, 5.41) is 3.50. The summed E-state index contributed by atoms with van der Waals surface area (Å²) in [6.45, 7) is 4.51. The van der Waals surface area contributed by atoms with Crippen LogP contribution < -0.4 is 10.2 Å². The Bertz CT molecular complexity index is 397. The molecule has 2 atom stereocenters. The van der Waals surface area contributed by atoms with E-state index in [0.717, 1.165) is 13.1 Å². The Morgan fingerprint density at radius 2 is 2.19 bits per heavy atom. The number of halogens is 2. The molecule has 0 radical (unpaired) electrons. The maximum atomic E-state index is 3.67. The maximum absolute atomic E-state index is 3.67. The highest BCUT2D eigenvalue weighted by Gasteiger charge is 2.35. The number of fused-ring (bicyclic) bond motifs is 3. The number of hydrogen-bond acceptors (Lipinski definition) is 2. The molecular formula is C12H16BrClN2. The van der Waals surface area contributed by atoms with E-state index >= 15 is 0 Å². The third-order valence-electron chi connectivity index (χ3n) is 3.47. The van der Waals surface area contributed by atoms with Crippen LogP contribution >= 0.6 is 28.3 Å². The second-order valence-electron chi connectivity index (χ2n) is 4.52. The predicted molar refractivity (Wildman–Crippen MR) is 73.7 cm³/mol. The Labute approximate surface area is 111 Å². The summed E-state index contributed by atoms with van der Waals surface area (Å²) < 4.78 is 1.25. The second kappa shape index (κ2) is 4.55. The first-order valence-electron chi connectivity index (χ1n) is 5.54. The largest absolute Gasteiger partial charge is 0.362 e. The van der Waals surface area contributed by atoms with Crippen molar-refractivity contribution in [1.82, 2.24) is 5.32 Å². The van der Waals surface area contributed by atoms with Gasteiger partial charge in [0.25, 0.3) is 0 Å². The summed E-state index contributed by atoms with van der Waals surface area (Å²) in [6.07, 6.45) is 1.19. The fraction of sp³-hybridized carbons (Fsp3) is 0.500. The topological polar surface area (TPSA) is 15.3 Å². The van der Waals surface area contributed by atoms with Crippen LogP contribution in [0.5, 0.6) is 0 Å². The number of rotatable bonds is 0. The first kappa shape index (κ1) is 12.2. The van der Waals surface area contributed by atoms with Gasteiger partial charge in [-0.1, -0.05) is 12.1 Å². The van der Waals surface area contributed by atoms with E-state index in [1.807, 2.05) is 0 Å². The smallest absolute Gasteiger partial charge is 0.0549 e. The van der Waals surface area contributed by atoms with Crippen molar-refractivity contribution in [3.05, 3.63) is 28.2 Å². The Kier molecular flexibility index (Phi) is 3.48. The summed E-state index contributed by atoms with van der Waals surface area (Å²) in [5.41, 5.74) is 2.92. The van der Waals surface area contributed by atoms with E-state index in [-0.39, 0.29) is 12.4 Å². The van der Waals surface area contributed by atoms with Crippen LogP contribution in [-0.2, 0) is 6.42 Å². The SMILES string of the molecule is C[C@@H]1CNC[C@@H]2Cc3cccc(Br)c3N21.Cl. The van der Waals surface area contributed by atoms with Crippen molar-refractivity contribution in [2.75, 3.05) is 18.0 Å². The maximum Gasteiger partial charge on any atom is 0.0549 e. The van der Waals surface area contributed by atoms with Crippen molar-refractivity contribution in [3.8, 4) is 0 Å². The lowest BCUT2D eigenvalue weighted by atomic mass is 10.1. The molecule has 1 aromatic carbocycles. The second-order valence-corrected chi connectivity index (χ2v) is 5.37. The van der Waals surface area contributed by atoms with Crippen LogP contribution in [0.1, 0.15) is 12.5 Å². The van der Waals surface area contributed by atoms with Gasteiger partial charge in [-0.25, -0.2) is 0 Å². The van der Waals surface area contributed by atoms with Crippen molar-refractivity contribution in [1.29, 1.82) is 0 Å². The quantitative estimate of drug-likeness (QED) is 0.792. The molecule has 0 bridgehead atoms. The third-order valence-corrected chi connectivity index (χ3v) is 4.11. The van der Waals surface area contributed by atoms with E-state index in [1.54, 1.807) is 0 Å². The minimum absolute atomic E-state index is 0. The lowest BCUT2D eigenvalue weighted by molar-refractivity contribution is 0.429. The zero-order valence-corrected chi connectivity index (χ0v) is 11.6. The van der Waals surface area contributed by atoms with E-state index in [1.165, 1.54) is 22.1 Å². The van der Waals surface area contributed by atoms with Crippen molar-refractivity contribution >= 4 is 34.0 Å². The van der Waals surface area contributed by atoms with Crippen LogP contribution in [0.25, 0.3) is 0 Å². The van der Waals surface area contributed by atoms with Gasteiger partial charge in [0.2, 0.25) is 0 Å². The molecule has 1 N–H and O–H groups in total. The minimum atomic E-state index is 0. The van der Waals surface area contributed by atoms with Gasteiger partial charge in [-0.15, -0.1) is 12.4 Å². The molecular weight excluding hydrogens is 288 g/mol. The number of benzene rings is 1. The molecule has 0 amide bonds. The van der Waals surface area contributed by atoms with Gasteiger partial charge in [-0.3, -0.25) is 0 Å². The first-order valence-corrected chi connectivity index (χ1v) is 6.33. The molecule has 2 heterocycles. The molecule has 0 aromatic heterocycles. The number of para-hydroxylation sites is 1. The van der Waals surface area contributed by atoms with Crippen LogP contribution in [0.15, 0.2) is 22.7 Å². The van der Waals surface area contributed by atoms with Gasteiger partial charge in [0.05, 0.1) is 5.69 Å². The molecule has 1 saturated heterocycles. The molecule has 1 aromatic rings. The minimum Gasteiger partial charge on any atom is -0.362 e. The predicted octanol–water partition coefficient (Wildman–Crippen LogP) is 2.59. The Morgan fingerprint density at radius 3 is 3.00 bits per heavy atom. The average molecular weight is 304 g/mol. The summed E-state index contributed by atoms with van der Waals surface area (Å²) in [6, 6.07) is 7.80. The highest BCUT2D eigenvalue weighted by atomic mass is 79.9. The van der Waals surface area contributed by atoms with Crippen LogP contribution in [0.3, 0.4) is 0 Å². The average Bonchev–Trinajstić information content (AvgIpc) is 2.58. The van der Waals surface area contributed by atoms with Gasteiger partial charge in [0.15, 0.2) is 0 Å². The molecule has 88 valence electrons. The Morgan fingerprint density at radius 1 is 1.38 bits per heavy atom. The van der Waals surface area contributed by atoms with Crippen LogP contribution in [0.4, 0.5) is 5.69 Å². The van der Waals surface area contributed by atoms with Crippen molar-refractivity contribution in [3.63, 3.8) is 0 Å². The van der Waals surface area contributed by atoms with E-state index in [9.17, 15) is 0 Å². The van der Waals surface area contributed by atoms with Gasteiger partial charge in [0, 0.05) is 29.6 Å². The van der Waals surface area contributed by atoms with E-state index in [2.05, 4.69) is 51.3 Å². The van der Waals surface area contributed by atoms with Crippen molar-refractivity contribution in [2.45, 2.75) is 25.4 Å². The summed E-state index contributed by atoms with van der Waals surface area (Å²) in [5.74, 6) is 0. The lowest BCUT2D eigenvalue weighted by Crippen LogP contribution is -2.54. The van der Waals surface area contributed by atoms with Gasteiger partial charge in [-0.2, -0.15) is 0 Å². The third kappa shape index (κ3) is 1.75. The number of piperazine rings is 1. The number of nitrogens with zero attached hydrogens (tertiary/aromatic N) is 1. The molecule has 0 saturated carbocycles. The molecule has 3 rings (SSSR count). The zero-order chi connectivity index (χ0) is 10.4. The monoisotopic (exact) mass is 302 g/mol. The summed E-state index contributed by atoms with van der Waals surface area (Å²) in [4.78, 5) is 2.58. The molecule has 1 fully saturated rings. The zero-order valence-electron chi connectivity index (χ0n) is 9.24. The fourth-order valence-corrected chi connectivity index (χ4v) is 3.47. The number of nitrogens with one attached hydrogen (secondary N) is 1. The molecule has 2 aliphatic heterocycles. The Balaban J connectivity index is 0.000000963. The van der Waals surface area contributed by atoms with Crippen molar-refractivity contribution in [2.24, 2.45) is 0 Å². The fourth-order valence-electron chi connectivity index (χ4n) is 2.86. The van der Waals surface area contributed by atoms with Gasteiger partial charge < -0.3 is 10.2 Å². The van der Waals surface area contributed by atoms with Crippen molar-refractivity contribution < 1.29 is 0 Å². The summed E-state index contributed by atoms with van der Waals surface area (Å²) >= 11 is 3.67. The van der Waals surface area contributed by atoms with Gasteiger partial charge in [-0.05, 0) is 40.9 Å². The highest BCUT2D eigenvalue weighted by Crippen LogP contribution is 2.40. The highest BCUT2D eigenvalue weighted by molar-refractivity contribution is 9.10. The number of hydrogen-bond donors (Lipinski definition) is 1. The molecule has 2 nitrogen and oxygen atoms in total. The van der Waals surface area contributed by atoms with Gasteiger partial charge in [0.1, 0.15) is 0 Å². The summed E-state index contributed by atoms with van der Waals surface area (Å²) in [7, 11) is 0. The lowest BCUT2D eigenvalue weighted by Gasteiger charge is -2.38. The van der Waals surface area contributed by atoms with Crippen LogP contribution in [0.2, 0.25) is 0 Å².